The van der Waals surface area contributed by atoms with E-state index in [2.05, 4.69) is 55.3 Å². The van der Waals surface area contributed by atoms with Gasteiger partial charge in [0.2, 0.25) is 5.91 Å². The van der Waals surface area contributed by atoms with Gasteiger partial charge in [-0.2, -0.15) is 5.10 Å². The first-order valence-corrected chi connectivity index (χ1v) is 15.1. The number of benzene rings is 3. The minimum Gasteiger partial charge on any atom is -0.330 e. The van der Waals surface area contributed by atoms with Gasteiger partial charge in [-0.3, -0.25) is 24.2 Å². The summed E-state index contributed by atoms with van der Waals surface area (Å²) in [6.45, 7) is 2.73. The molecule has 5 aromatic rings. The Labute approximate surface area is 254 Å². The van der Waals surface area contributed by atoms with Crippen LogP contribution in [0.2, 0.25) is 0 Å². The molecular formula is C34H36N6O4. The van der Waals surface area contributed by atoms with Crippen molar-refractivity contribution in [2.75, 3.05) is 11.9 Å². The number of Topliss-reactive ketones (excluding diaryl/α,β-unsaturated/α-hetero) is 1. The summed E-state index contributed by atoms with van der Waals surface area (Å²) < 4.78 is 4.59. The second-order valence-corrected chi connectivity index (χ2v) is 11.8. The summed E-state index contributed by atoms with van der Waals surface area (Å²) in [7, 11) is 0. The van der Waals surface area contributed by atoms with E-state index in [-0.39, 0.29) is 24.0 Å². The first-order valence-electron chi connectivity index (χ1n) is 15.1. The van der Waals surface area contributed by atoms with Crippen LogP contribution in [0.15, 0.2) is 76.2 Å². The van der Waals surface area contributed by atoms with Gasteiger partial charge in [0.05, 0.1) is 11.7 Å². The number of carbonyl (C=O) groups excluding carboxylic acids is 2. The van der Waals surface area contributed by atoms with Gasteiger partial charge in [-0.25, -0.2) is 4.79 Å². The van der Waals surface area contributed by atoms with Crippen LogP contribution in [-0.4, -0.2) is 38.6 Å². The number of nitrogens with one attached hydrogen (secondary N) is 3. The Bertz CT molecular complexity index is 1830. The molecule has 3 aromatic carbocycles. The third kappa shape index (κ3) is 6.40. The predicted octanol–water partition coefficient (Wildman–Crippen LogP) is 5.40. The van der Waals surface area contributed by atoms with E-state index in [0.717, 1.165) is 58.8 Å². The molecule has 10 heteroatoms. The number of carbonyl (C=O) groups is 2. The maximum Gasteiger partial charge on any atom is 0.439 e. The number of amides is 1. The fourth-order valence-corrected chi connectivity index (χ4v) is 6.35. The summed E-state index contributed by atoms with van der Waals surface area (Å²) in [5.74, 6) is -0.519. The number of rotatable bonds is 10. The maximum absolute atomic E-state index is 13.8. The molecule has 0 spiro atoms. The number of hydrogen-bond acceptors (Lipinski definition) is 7. The van der Waals surface area contributed by atoms with Crippen LogP contribution in [0, 0.1) is 24.7 Å². The van der Waals surface area contributed by atoms with Crippen molar-refractivity contribution in [3.8, 4) is 22.5 Å². The van der Waals surface area contributed by atoms with Crippen molar-refractivity contribution < 1.29 is 14.1 Å². The Morgan fingerprint density at radius 2 is 1.84 bits per heavy atom. The normalized spacial score (nSPS) is 17.4. The molecule has 2 aromatic heterocycles. The van der Waals surface area contributed by atoms with Crippen LogP contribution in [0.4, 0.5) is 5.69 Å². The maximum atomic E-state index is 13.8. The summed E-state index contributed by atoms with van der Waals surface area (Å²) in [6, 6.07) is 19.2. The van der Waals surface area contributed by atoms with Gasteiger partial charge < -0.3 is 11.1 Å². The number of fused-ring (bicyclic) bond motifs is 1. The van der Waals surface area contributed by atoms with Crippen molar-refractivity contribution in [2.45, 2.75) is 45.4 Å². The molecule has 1 aliphatic rings. The SMILES string of the molecule is Cc1ccc2[nH]ncc2c1-c1cccc(C[C@H](CC(=O)C2CCC(CN)CC2)C(=O)Nc2ccc(-c3noc(=O)[nH]3)cc2)c1. The number of nitrogens with two attached hydrogens (primary N) is 1. The number of ketones is 1. The van der Waals surface area contributed by atoms with Crippen molar-refractivity contribution >= 4 is 28.3 Å². The number of hydrogen-bond donors (Lipinski definition) is 4. The second kappa shape index (κ2) is 12.8. The lowest BCUT2D eigenvalue weighted by Crippen LogP contribution is -2.31. The summed E-state index contributed by atoms with van der Waals surface area (Å²) in [5, 5.41) is 15.0. The molecule has 1 fully saturated rings. The Kier molecular flexibility index (Phi) is 8.51. The lowest BCUT2D eigenvalue weighted by Gasteiger charge is -2.27. The molecule has 0 bridgehead atoms. The zero-order valence-electron chi connectivity index (χ0n) is 24.6. The van der Waals surface area contributed by atoms with Crippen molar-refractivity contribution in [3.05, 3.63) is 88.5 Å². The fourth-order valence-electron chi connectivity index (χ4n) is 6.35. The molecule has 1 atom stereocenters. The van der Waals surface area contributed by atoms with E-state index < -0.39 is 11.7 Å². The Morgan fingerprint density at radius 1 is 1.05 bits per heavy atom. The number of anilines is 1. The van der Waals surface area contributed by atoms with Crippen LogP contribution in [0.5, 0.6) is 0 Å². The van der Waals surface area contributed by atoms with Crippen LogP contribution < -0.4 is 16.8 Å². The smallest absolute Gasteiger partial charge is 0.330 e. The average Bonchev–Trinajstić information content (AvgIpc) is 3.70. The van der Waals surface area contributed by atoms with Gasteiger partial charge in [0, 0.05) is 34.9 Å². The number of aryl methyl sites for hydroxylation is 1. The van der Waals surface area contributed by atoms with E-state index in [1.54, 1.807) is 24.3 Å². The van der Waals surface area contributed by atoms with Gasteiger partial charge >= 0.3 is 5.76 Å². The highest BCUT2D eigenvalue weighted by molar-refractivity contribution is 5.97. The average molecular weight is 593 g/mol. The first-order chi connectivity index (χ1) is 21.4. The van der Waals surface area contributed by atoms with Gasteiger partial charge in [0.15, 0.2) is 5.82 Å². The summed E-state index contributed by atoms with van der Waals surface area (Å²) in [5.41, 5.74) is 12.3. The van der Waals surface area contributed by atoms with Crippen LogP contribution in [-0.2, 0) is 16.0 Å². The van der Waals surface area contributed by atoms with Gasteiger partial charge in [0.1, 0.15) is 5.78 Å². The molecule has 5 N–H and O–H groups in total. The third-order valence-corrected chi connectivity index (χ3v) is 8.85. The Morgan fingerprint density at radius 3 is 2.57 bits per heavy atom. The molecule has 44 heavy (non-hydrogen) atoms. The van der Waals surface area contributed by atoms with Gasteiger partial charge in [0.25, 0.3) is 0 Å². The molecule has 2 heterocycles. The zero-order valence-corrected chi connectivity index (χ0v) is 24.6. The minimum absolute atomic E-state index is 0.0373. The van der Waals surface area contributed by atoms with Crippen LogP contribution >= 0.6 is 0 Å². The fraction of sp³-hybridized carbons (Fsp3) is 0.324. The van der Waals surface area contributed by atoms with Gasteiger partial charge in [-0.1, -0.05) is 35.5 Å². The monoisotopic (exact) mass is 592 g/mol. The molecular weight excluding hydrogens is 556 g/mol. The molecule has 10 nitrogen and oxygen atoms in total. The van der Waals surface area contributed by atoms with Crippen molar-refractivity contribution in [1.29, 1.82) is 0 Å². The quantitative estimate of drug-likeness (QED) is 0.169. The summed E-state index contributed by atoms with van der Waals surface area (Å²) in [6.07, 6.45) is 5.98. The van der Waals surface area contributed by atoms with E-state index in [9.17, 15) is 14.4 Å². The highest BCUT2D eigenvalue weighted by Gasteiger charge is 2.30. The van der Waals surface area contributed by atoms with Crippen LogP contribution in [0.1, 0.15) is 43.2 Å². The molecule has 0 unspecified atom stereocenters. The van der Waals surface area contributed by atoms with E-state index in [0.29, 0.717) is 36.0 Å². The van der Waals surface area contributed by atoms with Crippen molar-refractivity contribution in [2.24, 2.45) is 23.5 Å². The number of nitrogens with zero attached hydrogens (tertiary/aromatic N) is 2. The predicted molar refractivity (Wildman–Crippen MR) is 169 cm³/mol. The second-order valence-electron chi connectivity index (χ2n) is 11.8. The number of aromatic nitrogens is 4. The zero-order chi connectivity index (χ0) is 30.6. The number of H-pyrrole nitrogens is 2. The molecule has 0 saturated heterocycles. The van der Waals surface area contributed by atoms with E-state index in [4.69, 9.17) is 5.73 Å². The van der Waals surface area contributed by atoms with E-state index in [1.807, 2.05) is 24.4 Å². The standard InChI is InChI=1S/C34H36N6O4/c1-20-5-14-29-28(19-36-39-29)31(20)25-4-2-3-22(15-25)16-26(17-30(41)23-8-6-21(18-35)7-9-23)33(42)37-27-12-10-24(11-13-27)32-38-34(43)44-40-32/h2-5,10-15,19,21,23,26H,6-9,16-18,35H2,1H3,(H,36,39)(H,37,42)(H,38,40,43)/t21?,23?,26-/m1/s1. The molecule has 226 valence electrons. The molecule has 1 amide bonds. The highest BCUT2D eigenvalue weighted by atomic mass is 16.5. The summed E-state index contributed by atoms with van der Waals surface area (Å²) >= 11 is 0. The third-order valence-electron chi connectivity index (χ3n) is 8.85. The van der Waals surface area contributed by atoms with Crippen molar-refractivity contribution in [1.82, 2.24) is 20.3 Å². The molecule has 6 rings (SSSR count). The van der Waals surface area contributed by atoms with Crippen LogP contribution in [0.3, 0.4) is 0 Å². The Balaban J connectivity index is 1.24. The van der Waals surface area contributed by atoms with Gasteiger partial charge in [-0.05, 0) is 104 Å². The molecule has 1 aliphatic carbocycles. The molecule has 0 radical (unpaired) electrons. The van der Waals surface area contributed by atoms with Crippen molar-refractivity contribution in [3.63, 3.8) is 0 Å². The minimum atomic E-state index is -0.637. The molecule has 0 aliphatic heterocycles. The first kappa shape index (κ1) is 29.3. The molecule has 1 saturated carbocycles. The summed E-state index contributed by atoms with van der Waals surface area (Å²) in [4.78, 5) is 41.1. The largest absolute Gasteiger partial charge is 0.439 e. The lowest BCUT2D eigenvalue weighted by atomic mass is 9.77. The van der Waals surface area contributed by atoms with E-state index >= 15 is 0 Å². The Hall–Kier alpha value is -4.83. The highest BCUT2D eigenvalue weighted by Crippen LogP contribution is 2.33. The van der Waals surface area contributed by atoms with Gasteiger partial charge in [-0.15, -0.1) is 0 Å². The topological polar surface area (TPSA) is 160 Å². The lowest BCUT2D eigenvalue weighted by molar-refractivity contribution is -0.129. The van der Waals surface area contributed by atoms with Crippen LogP contribution in [0.25, 0.3) is 33.4 Å². The number of aromatic amines is 2. The van der Waals surface area contributed by atoms with E-state index in [1.165, 1.54) is 0 Å².